The maximum absolute atomic E-state index is 12.2. The lowest BCUT2D eigenvalue weighted by Crippen LogP contribution is -2.24. The van der Waals surface area contributed by atoms with Crippen molar-refractivity contribution >= 4 is 17.4 Å². The van der Waals surface area contributed by atoms with E-state index in [0.717, 1.165) is 6.20 Å². The van der Waals surface area contributed by atoms with Gasteiger partial charge < -0.3 is 4.90 Å². The zero-order valence-corrected chi connectivity index (χ0v) is 7.77. The lowest BCUT2D eigenvalue weighted by atomic mass is 10.2. The zero-order valence-electron chi connectivity index (χ0n) is 7.01. The normalized spacial score (nSPS) is 12.2. The Bertz CT molecular complexity index is 275. The van der Waals surface area contributed by atoms with Crippen LogP contribution in [0.3, 0.4) is 0 Å². The van der Waals surface area contributed by atoms with E-state index in [1.807, 2.05) is 0 Å². The summed E-state index contributed by atoms with van der Waals surface area (Å²) in [5.74, 6) is -1.69. The molecule has 0 heterocycles. The maximum Gasteiger partial charge on any atom is 0.385 e. The van der Waals surface area contributed by atoms with E-state index in [9.17, 15) is 13.6 Å². The van der Waals surface area contributed by atoms with Crippen LogP contribution in [0.1, 0.15) is 0 Å². The number of halogens is 3. The van der Waals surface area contributed by atoms with Crippen LogP contribution < -0.4 is 0 Å². The molecule has 0 N–H and O–H groups in total. The van der Waals surface area contributed by atoms with Gasteiger partial charge in [-0.15, -0.1) is 0 Å². The molecule has 0 atom stereocenters. The Labute approximate surface area is 79.2 Å². The second-order valence-electron chi connectivity index (χ2n) is 2.45. The largest absolute Gasteiger partial charge is 0.385 e. The van der Waals surface area contributed by atoms with Crippen molar-refractivity contribution in [1.82, 2.24) is 4.90 Å². The van der Waals surface area contributed by atoms with Gasteiger partial charge >= 0.3 is 5.38 Å². The molecule has 0 aromatic rings. The Hall–Kier alpha value is -1.15. The van der Waals surface area contributed by atoms with Crippen LogP contribution in [0.5, 0.6) is 0 Å². The molecule has 0 saturated heterocycles. The van der Waals surface area contributed by atoms with Crippen molar-refractivity contribution in [2.45, 2.75) is 5.38 Å². The summed E-state index contributed by atoms with van der Waals surface area (Å²) >= 11 is 4.45. The van der Waals surface area contributed by atoms with E-state index >= 15 is 0 Å². The van der Waals surface area contributed by atoms with Gasteiger partial charge in [-0.1, -0.05) is 0 Å². The molecule has 0 aromatic heterocycles. The Kier molecular flexibility index (Phi) is 3.82. The number of nitriles is 1. The SMILES string of the molecule is CN(C)C=C(C#N)C(=O)C(F)(F)Cl. The predicted octanol–water partition coefficient (Wildman–Crippen LogP) is 1.36. The summed E-state index contributed by atoms with van der Waals surface area (Å²) in [5, 5.41) is 4.33. The predicted molar refractivity (Wildman–Crippen MR) is 43.2 cm³/mol. The van der Waals surface area contributed by atoms with Gasteiger partial charge in [0.1, 0.15) is 11.6 Å². The van der Waals surface area contributed by atoms with Gasteiger partial charge in [-0.05, 0) is 11.6 Å². The molecule has 0 aliphatic heterocycles. The number of alkyl halides is 3. The average Bonchev–Trinajstić information content (AvgIpc) is 1.96. The molecule has 0 fully saturated rings. The van der Waals surface area contributed by atoms with Crippen LogP contribution in [0, 0.1) is 11.3 Å². The summed E-state index contributed by atoms with van der Waals surface area (Å²) < 4.78 is 24.4. The molecular weight excluding hydrogens is 202 g/mol. The summed E-state index contributed by atoms with van der Waals surface area (Å²) in [6.45, 7) is 0. The number of hydrogen-bond donors (Lipinski definition) is 0. The third-order valence-corrected chi connectivity index (χ3v) is 1.18. The summed E-state index contributed by atoms with van der Waals surface area (Å²) in [6.07, 6.45) is 0.985. The molecule has 0 bridgehead atoms. The van der Waals surface area contributed by atoms with Crippen molar-refractivity contribution in [2.75, 3.05) is 14.1 Å². The molecular formula is C7H7ClF2N2O. The summed E-state index contributed by atoms with van der Waals surface area (Å²) in [4.78, 5) is 12.0. The van der Waals surface area contributed by atoms with Gasteiger partial charge in [-0.25, -0.2) is 0 Å². The molecule has 0 saturated carbocycles. The fraction of sp³-hybridized carbons (Fsp3) is 0.429. The molecule has 0 aromatic carbocycles. The Morgan fingerprint density at radius 1 is 1.62 bits per heavy atom. The van der Waals surface area contributed by atoms with Gasteiger partial charge in [-0.3, -0.25) is 4.79 Å². The number of carbonyl (C=O) groups is 1. The van der Waals surface area contributed by atoms with E-state index in [-0.39, 0.29) is 0 Å². The highest BCUT2D eigenvalue weighted by Gasteiger charge is 2.38. The maximum atomic E-state index is 12.2. The lowest BCUT2D eigenvalue weighted by Gasteiger charge is -2.08. The minimum absolute atomic E-state index is 0.676. The van der Waals surface area contributed by atoms with Crippen LogP contribution in [-0.4, -0.2) is 30.2 Å². The molecule has 0 aliphatic rings. The van der Waals surface area contributed by atoms with Crippen LogP contribution in [-0.2, 0) is 4.79 Å². The van der Waals surface area contributed by atoms with Gasteiger partial charge in [0.25, 0.3) is 5.78 Å². The third kappa shape index (κ3) is 3.85. The van der Waals surface area contributed by atoms with Crippen molar-refractivity contribution in [3.8, 4) is 6.07 Å². The number of hydrogen-bond acceptors (Lipinski definition) is 3. The topological polar surface area (TPSA) is 44.1 Å². The smallest absolute Gasteiger partial charge is 0.382 e. The van der Waals surface area contributed by atoms with Gasteiger partial charge in [0.15, 0.2) is 0 Å². The van der Waals surface area contributed by atoms with Crippen molar-refractivity contribution in [2.24, 2.45) is 0 Å². The van der Waals surface area contributed by atoms with E-state index in [1.54, 1.807) is 0 Å². The van der Waals surface area contributed by atoms with Crippen molar-refractivity contribution in [3.05, 3.63) is 11.8 Å². The highest BCUT2D eigenvalue weighted by molar-refractivity contribution is 6.35. The van der Waals surface area contributed by atoms with E-state index in [1.165, 1.54) is 25.1 Å². The standard InChI is InChI=1S/C7H7ClF2N2O/c1-12(2)4-5(3-11)6(13)7(8,9)10/h4H,1-2H3. The number of carbonyl (C=O) groups excluding carboxylic acids is 1. The fourth-order valence-corrected chi connectivity index (χ4v) is 0.651. The third-order valence-electron chi connectivity index (χ3n) is 1.01. The van der Waals surface area contributed by atoms with E-state index in [0.29, 0.717) is 0 Å². The number of ketones is 1. The molecule has 0 spiro atoms. The molecule has 0 rings (SSSR count). The molecule has 0 amide bonds. The summed E-state index contributed by atoms with van der Waals surface area (Å²) in [6, 6.07) is 1.35. The minimum atomic E-state index is -4.02. The number of allylic oxidation sites excluding steroid dienone is 1. The first-order valence-corrected chi connectivity index (χ1v) is 3.56. The van der Waals surface area contributed by atoms with Crippen LogP contribution in [0.15, 0.2) is 11.8 Å². The molecule has 6 heteroatoms. The molecule has 0 unspecified atom stereocenters. The Balaban J connectivity index is 4.85. The Morgan fingerprint density at radius 2 is 2.08 bits per heavy atom. The molecule has 3 nitrogen and oxygen atoms in total. The molecule has 72 valence electrons. The van der Waals surface area contributed by atoms with E-state index in [2.05, 4.69) is 11.6 Å². The van der Waals surface area contributed by atoms with Gasteiger partial charge in [0.05, 0.1) is 0 Å². The minimum Gasteiger partial charge on any atom is -0.382 e. The van der Waals surface area contributed by atoms with E-state index < -0.39 is 16.7 Å². The average molecular weight is 209 g/mol. The summed E-state index contributed by atoms with van der Waals surface area (Å²) in [7, 11) is 2.99. The van der Waals surface area contributed by atoms with Crippen molar-refractivity contribution in [3.63, 3.8) is 0 Å². The molecule has 13 heavy (non-hydrogen) atoms. The van der Waals surface area contributed by atoms with Crippen molar-refractivity contribution < 1.29 is 13.6 Å². The quantitative estimate of drug-likeness (QED) is 0.400. The van der Waals surface area contributed by atoms with Crippen LogP contribution in [0.25, 0.3) is 0 Å². The van der Waals surface area contributed by atoms with Gasteiger partial charge in [0, 0.05) is 20.3 Å². The number of nitrogens with zero attached hydrogens (tertiary/aromatic N) is 2. The molecule has 0 aliphatic carbocycles. The number of rotatable bonds is 3. The highest BCUT2D eigenvalue weighted by Crippen LogP contribution is 2.23. The second kappa shape index (κ2) is 4.19. The van der Waals surface area contributed by atoms with E-state index in [4.69, 9.17) is 5.26 Å². The molecule has 0 radical (unpaired) electrons. The van der Waals surface area contributed by atoms with Crippen molar-refractivity contribution in [1.29, 1.82) is 5.26 Å². The number of Topliss-reactive ketones (excluding diaryl/α,β-unsaturated/α-hetero) is 1. The lowest BCUT2D eigenvalue weighted by molar-refractivity contribution is -0.128. The van der Waals surface area contributed by atoms with Gasteiger partial charge in [-0.2, -0.15) is 14.0 Å². The van der Waals surface area contributed by atoms with Crippen LogP contribution in [0.2, 0.25) is 0 Å². The first-order valence-electron chi connectivity index (χ1n) is 3.19. The first-order chi connectivity index (χ1) is 5.79. The second-order valence-corrected chi connectivity index (χ2v) is 2.92. The fourth-order valence-electron chi connectivity index (χ4n) is 0.549. The highest BCUT2D eigenvalue weighted by atomic mass is 35.5. The van der Waals surface area contributed by atoms with Crippen LogP contribution >= 0.6 is 11.6 Å². The monoisotopic (exact) mass is 208 g/mol. The Morgan fingerprint density at radius 3 is 2.31 bits per heavy atom. The first kappa shape index (κ1) is 11.8. The van der Waals surface area contributed by atoms with Crippen LogP contribution in [0.4, 0.5) is 8.78 Å². The zero-order chi connectivity index (χ0) is 10.6. The van der Waals surface area contributed by atoms with Gasteiger partial charge in [0.2, 0.25) is 0 Å². The summed E-state index contributed by atoms with van der Waals surface area (Å²) in [5.41, 5.74) is -0.676.